The standard InChI is InChI=1S/C20H21N3O4/c1-2-27-17-9-7-16(8-10-17)23-12-14(11-18(23)24)20(26)22-15-5-3-13(4-6-15)19(21)25/h3-10,14H,2,11-12H2,1H3,(H2,21,25)(H,22,26)/t14-/m1/s1. The van der Waals surface area contributed by atoms with E-state index in [0.29, 0.717) is 24.4 Å². The van der Waals surface area contributed by atoms with Crippen molar-refractivity contribution in [2.24, 2.45) is 11.7 Å². The van der Waals surface area contributed by atoms with Crippen molar-refractivity contribution in [2.75, 3.05) is 23.4 Å². The van der Waals surface area contributed by atoms with Crippen LogP contribution in [0.3, 0.4) is 0 Å². The Balaban J connectivity index is 1.63. The highest BCUT2D eigenvalue weighted by Gasteiger charge is 2.35. The van der Waals surface area contributed by atoms with Gasteiger partial charge in [-0.3, -0.25) is 14.4 Å². The van der Waals surface area contributed by atoms with Gasteiger partial charge in [0.2, 0.25) is 17.7 Å². The molecule has 27 heavy (non-hydrogen) atoms. The summed E-state index contributed by atoms with van der Waals surface area (Å²) in [5, 5.41) is 2.78. The lowest BCUT2D eigenvalue weighted by molar-refractivity contribution is -0.122. The molecule has 0 aromatic heterocycles. The third-order valence-electron chi connectivity index (χ3n) is 4.39. The summed E-state index contributed by atoms with van der Waals surface area (Å²) < 4.78 is 5.40. The first-order valence-corrected chi connectivity index (χ1v) is 8.72. The lowest BCUT2D eigenvalue weighted by Crippen LogP contribution is -2.28. The number of nitrogens with one attached hydrogen (secondary N) is 1. The number of carbonyl (C=O) groups excluding carboxylic acids is 3. The number of amides is 3. The molecule has 3 rings (SSSR count). The van der Waals surface area contributed by atoms with E-state index in [-0.39, 0.29) is 18.2 Å². The van der Waals surface area contributed by atoms with Crippen molar-refractivity contribution in [2.45, 2.75) is 13.3 Å². The van der Waals surface area contributed by atoms with Gasteiger partial charge in [0.15, 0.2) is 0 Å². The summed E-state index contributed by atoms with van der Waals surface area (Å²) in [6, 6.07) is 13.5. The van der Waals surface area contributed by atoms with Gasteiger partial charge in [0.05, 0.1) is 12.5 Å². The van der Waals surface area contributed by atoms with Crippen molar-refractivity contribution < 1.29 is 19.1 Å². The maximum Gasteiger partial charge on any atom is 0.248 e. The first kappa shape index (κ1) is 18.4. The fourth-order valence-corrected chi connectivity index (χ4v) is 2.98. The molecule has 0 aliphatic carbocycles. The lowest BCUT2D eigenvalue weighted by atomic mass is 10.1. The summed E-state index contributed by atoms with van der Waals surface area (Å²) in [5.41, 5.74) is 6.86. The van der Waals surface area contributed by atoms with E-state index in [9.17, 15) is 14.4 Å². The van der Waals surface area contributed by atoms with Crippen LogP contribution in [0.1, 0.15) is 23.7 Å². The van der Waals surface area contributed by atoms with Crippen molar-refractivity contribution in [3.8, 4) is 5.75 Å². The normalized spacial score (nSPS) is 16.3. The number of benzene rings is 2. The van der Waals surface area contributed by atoms with Crippen LogP contribution in [0, 0.1) is 5.92 Å². The highest BCUT2D eigenvalue weighted by molar-refractivity contribution is 6.03. The van der Waals surface area contributed by atoms with Crippen LogP contribution in [-0.2, 0) is 9.59 Å². The third kappa shape index (κ3) is 4.25. The van der Waals surface area contributed by atoms with Gasteiger partial charge in [-0.1, -0.05) is 0 Å². The Bertz CT molecular complexity index is 847. The Hall–Kier alpha value is -3.35. The second-order valence-corrected chi connectivity index (χ2v) is 6.26. The van der Waals surface area contributed by atoms with E-state index in [2.05, 4.69) is 5.32 Å². The number of ether oxygens (including phenoxy) is 1. The van der Waals surface area contributed by atoms with Gasteiger partial charge in [-0.25, -0.2) is 0 Å². The first-order chi connectivity index (χ1) is 13.0. The van der Waals surface area contributed by atoms with Crippen LogP contribution in [-0.4, -0.2) is 30.9 Å². The second-order valence-electron chi connectivity index (χ2n) is 6.26. The van der Waals surface area contributed by atoms with E-state index in [0.717, 1.165) is 11.4 Å². The molecule has 140 valence electrons. The maximum absolute atomic E-state index is 12.5. The molecule has 3 N–H and O–H groups in total. The number of primary amides is 1. The molecule has 0 saturated carbocycles. The predicted molar refractivity (Wildman–Crippen MR) is 102 cm³/mol. The molecule has 1 aliphatic rings. The lowest BCUT2D eigenvalue weighted by Gasteiger charge is -2.17. The summed E-state index contributed by atoms with van der Waals surface area (Å²) in [7, 11) is 0. The van der Waals surface area contributed by atoms with Gasteiger partial charge in [0.25, 0.3) is 0 Å². The van der Waals surface area contributed by atoms with Crippen LogP contribution in [0.5, 0.6) is 5.75 Å². The molecule has 0 radical (unpaired) electrons. The van der Waals surface area contributed by atoms with E-state index >= 15 is 0 Å². The molecule has 7 heteroatoms. The van der Waals surface area contributed by atoms with Crippen molar-refractivity contribution in [3.63, 3.8) is 0 Å². The van der Waals surface area contributed by atoms with Gasteiger partial charge in [-0.15, -0.1) is 0 Å². The monoisotopic (exact) mass is 367 g/mol. The van der Waals surface area contributed by atoms with Crippen LogP contribution in [0.25, 0.3) is 0 Å². The van der Waals surface area contributed by atoms with E-state index in [1.54, 1.807) is 41.3 Å². The van der Waals surface area contributed by atoms with Gasteiger partial charge in [0, 0.05) is 29.9 Å². The maximum atomic E-state index is 12.5. The number of carbonyl (C=O) groups is 3. The van der Waals surface area contributed by atoms with Crippen LogP contribution < -0.4 is 20.7 Å². The fraction of sp³-hybridized carbons (Fsp3) is 0.250. The molecule has 1 fully saturated rings. The number of anilines is 2. The van der Waals surface area contributed by atoms with Gasteiger partial charge in [0.1, 0.15) is 5.75 Å². The summed E-state index contributed by atoms with van der Waals surface area (Å²) in [6.07, 6.45) is 0.151. The number of hydrogen-bond acceptors (Lipinski definition) is 4. The highest BCUT2D eigenvalue weighted by atomic mass is 16.5. The molecular weight excluding hydrogens is 346 g/mol. The van der Waals surface area contributed by atoms with E-state index in [1.165, 1.54) is 0 Å². The van der Waals surface area contributed by atoms with Gasteiger partial charge in [-0.05, 0) is 55.5 Å². The Morgan fingerprint density at radius 1 is 1.15 bits per heavy atom. The molecule has 1 saturated heterocycles. The van der Waals surface area contributed by atoms with Crippen molar-refractivity contribution >= 4 is 29.1 Å². The zero-order valence-corrected chi connectivity index (χ0v) is 15.0. The zero-order valence-electron chi connectivity index (χ0n) is 15.0. The molecule has 0 bridgehead atoms. The topological polar surface area (TPSA) is 102 Å². The Morgan fingerprint density at radius 3 is 2.41 bits per heavy atom. The molecule has 3 amide bonds. The highest BCUT2D eigenvalue weighted by Crippen LogP contribution is 2.27. The van der Waals surface area contributed by atoms with Gasteiger partial charge < -0.3 is 20.7 Å². The predicted octanol–water partition coefficient (Wildman–Crippen LogP) is 2.18. The zero-order chi connectivity index (χ0) is 19.4. The van der Waals surface area contributed by atoms with Crippen LogP contribution in [0.4, 0.5) is 11.4 Å². The molecule has 7 nitrogen and oxygen atoms in total. The SMILES string of the molecule is CCOc1ccc(N2C[C@H](C(=O)Nc3ccc(C(N)=O)cc3)CC2=O)cc1. The minimum Gasteiger partial charge on any atom is -0.494 e. The minimum atomic E-state index is -0.528. The quantitative estimate of drug-likeness (QED) is 0.817. The summed E-state index contributed by atoms with van der Waals surface area (Å²) in [6.45, 7) is 2.80. The smallest absolute Gasteiger partial charge is 0.248 e. The van der Waals surface area contributed by atoms with E-state index in [4.69, 9.17) is 10.5 Å². The summed E-state index contributed by atoms with van der Waals surface area (Å²) in [4.78, 5) is 37.5. The van der Waals surface area contributed by atoms with Crippen molar-refractivity contribution in [3.05, 3.63) is 54.1 Å². The average molecular weight is 367 g/mol. The number of nitrogens with zero attached hydrogens (tertiary/aromatic N) is 1. The first-order valence-electron chi connectivity index (χ1n) is 8.72. The van der Waals surface area contributed by atoms with E-state index < -0.39 is 11.8 Å². The van der Waals surface area contributed by atoms with Crippen LogP contribution >= 0.6 is 0 Å². The summed E-state index contributed by atoms with van der Waals surface area (Å²) in [5.74, 6) is -0.561. The van der Waals surface area contributed by atoms with Gasteiger partial charge >= 0.3 is 0 Å². The molecule has 2 aromatic rings. The average Bonchev–Trinajstić information content (AvgIpc) is 3.05. The molecular formula is C20H21N3O4. The molecule has 1 heterocycles. The number of nitrogens with two attached hydrogens (primary N) is 1. The van der Waals surface area contributed by atoms with Crippen molar-refractivity contribution in [1.29, 1.82) is 0 Å². The Kier molecular flexibility index (Phi) is 5.40. The molecule has 1 aliphatic heterocycles. The number of rotatable bonds is 6. The van der Waals surface area contributed by atoms with E-state index in [1.807, 2.05) is 19.1 Å². The molecule has 1 atom stereocenters. The Labute approximate surface area is 157 Å². The van der Waals surface area contributed by atoms with Crippen molar-refractivity contribution in [1.82, 2.24) is 0 Å². The third-order valence-corrected chi connectivity index (χ3v) is 4.39. The largest absolute Gasteiger partial charge is 0.494 e. The second kappa shape index (κ2) is 7.90. The molecule has 2 aromatic carbocycles. The number of hydrogen-bond donors (Lipinski definition) is 2. The van der Waals surface area contributed by atoms with Crippen LogP contribution in [0.2, 0.25) is 0 Å². The Morgan fingerprint density at radius 2 is 1.81 bits per heavy atom. The molecule has 0 unspecified atom stereocenters. The fourth-order valence-electron chi connectivity index (χ4n) is 2.98. The molecule has 0 spiro atoms. The van der Waals surface area contributed by atoms with Crippen LogP contribution in [0.15, 0.2) is 48.5 Å². The minimum absolute atomic E-state index is 0.0941. The van der Waals surface area contributed by atoms with Gasteiger partial charge in [-0.2, -0.15) is 0 Å². The summed E-state index contributed by atoms with van der Waals surface area (Å²) >= 11 is 0.